The van der Waals surface area contributed by atoms with E-state index in [0.717, 1.165) is 21.9 Å². The summed E-state index contributed by atoms with van der Waals surface area (Å²) < 4.78 is 0. The fraction of sp³-hybridized carbons (Fsp3) is 0.167. The van der Waals surface area contributed by atoms with E-state index in [9.17, 15) is 4.79 Å². The van der Waals surface area contributed by atoms with Crippen molar-refractivity contribution in [3.8, 4) is 0 Å². The minimum absolute atomic E-state index is 0.201. The highest BCUT2D eigenvalue weighted by Crippen LogP contribution is 2.35. The van der Waals surface area contributed by atoms with Gasteiger partial charge in [0.25, 0.3) is 5.91 Å². The van der Waals surface area contributed by atoms with Crippen molar-refractivity contribution in [3.05, 3.63) is 68.6 Å². The molecule has 2 aliphatic heterocycles. The minimum atomic E-state index is -0.539. The van der Waals surface area contributed by atoms with E-state index in [2.05, 4.69) is 10.4 Å². The summed E-state index contributed by atoms with van der Waals surface area (Å²) in [7, 11) is 0. The van der Waals surface area contributed by atoms with Crippen molar-refractivity contribution in [1.82, 2.24) is 10.3 Å². The number of hydrazone groups is 1. The standard InChI is InChI=1S/C18H14Cl2N4OS/c1-2-26-18-22-17(25)15-12-5-3-4-6-14(12)21-16(24(15)23-18)11-8-7-10(19)9-13(11)20/h3-9,16H,2H2,1H3,(H,22,23,25)/t16-/m0/s1. The van der Waals surface area contributed by atoms with Crippen LogP contribution in [0.15, 0.2) is 52.6 Å². The monoisotopic (exact) mass is 404 g/mol. The number of nitrogens with zero attached hydrogens (tertiary/aromatic N) is 3. The highest BCUT2D eigenvalue weighted by molar-refractivity contribution is 8.13. The van der Waals surface area contributed by atoms with Gasteiger partial charge in [-0.25, -0.2) is 5.01 Å². The summed E-state index contributed by atoms with van der Waals surface area (Å²) in [4.78, 5) is 17.6. The van der Waals surface area contributed by atoms with Gasteiger partial charge in [0.05, 0.1) is 5.36 Å². The number of carbonyl (C=O) groups excluding carboxylic acids is 1. The fourth-order valence-corrected chi connectivity index (χ4v) is 4.03. The zero-order valence-electron chi connectivity index (χ0n) is 13.7. The van der Waals surface area contributed by atoms with Crippen LogP contribution in [0.3, 0.4) is 0 Å². The number of fused-ring (bicyclic) bond motifs is 2. The number of nitrogens with one attached hydrogen (secondary N) is 1. The van der Waals surface area contributed by atoms with Crippen LogP contribution < -0.4 is 15.9 Å². The molecule has 0 saturated carbocycles. The smallest absolute Gasteiger partial charge is 0.276 e. The van der Waals surface area contributed by atoms with Gasteiger partial charge in [-0.15, -0.1) is 5.10 Å². The Balaban J connectivity index is 1.97. The number of rotatable bonds is 2. The largest absolute Gasteiger partial charge is 0.298 e. The van der Waals surface area contributed by atoms with E-state index in [1.807, 2.05) is 37.3 Å². The molecule has 0 radical (unpaired) electrons. The second kappa shape index (κ2) is 6.95. The number of halogens is 2. The lowest BCUT2D eigenvalue weighted by molar-refractivity contribution is -0.116. The SMILES string of the molecule is CCSC1=NN2C(=c3ccccc3=N[C@@H]2c2ccc(Cl)cc2Cl)C(=O)N1. The molecular weight excluding hydrogens is 391 g/mol. The summed E-state index contributed by atoms with van der Waals surface area (Å²) in [6.07, 6.45) is -0.539. The van der Waals surface area contributed by atoms with Crippen LogP contribution in [0.1, 0.15) is 18.7 Å². The van der Waals surface area contributed by atoms with Crippen molar-refractivity contribution >= 4 is 51.7 Å². The lowest BCUT2D eigenvalue weighted by Crippen LogP contribution is -2.50. The highest BCUT2D eigenvalue weighted by Gasteiger charge is 2.35. The quantitative estimate of drug-likeness (QED) is 0.836. The summed E-state index contributed by atoms with van der Waals surface area (Å²) >= 11 is 13.9. The Morgan fingerprint density at radius 1 is 1.23 bits per heavy atom. The van der Waals surface area contributed by atoms with Crippen molar-refractivity contribution < 1.29 is 4.79 Å². The predicted molar refractivity (Wildman–Crippen MR) is 105 cm³/mol. The molecule has 132 valence electrons. The second-order valence-electron chi connectivity index (χ2n) is 5.67. The number of para-hydroxylation sites is 1. The summed E-state index contributed by atoms with van der Waals surface area (Å²) in [6, 6.07) is 12.8. The van der Waals surface area contributed by atoms with E-state index in [0.29, 0.717) is 20.9 Å². The molecule has 0 fully saturated rings. The van der Waals surface area contributed by atoms with Gasteiger partial charge < -0.3 is 0 Å². The zero-order valence-corrected chi connectivity index (χ0v) is 16.1. The molecule has 4 rings (SSSR count). The molecule has 2 aliphatic rings. The molecule has 2 aromatic carbocycles. The van der Waals surface area contributed by atoms with Gasteiger partial charge in [0.15, 0.2) is 11.3 Å². The highest BCUT2D eigenvalue weighted by atomic mass is 35.5. The molecule has 5 nitrogen and oxygen atoms in total. The molecule has 1 N–H and O–H groups in total. The van der Waals surface area contributed by atoms with E-state index in [4.69, 9.17) is 28.2 Å². The maximum atomic E-state index is 12.8. The summed E-state index contributed by atoms with van der Waals surface area (Å²) in [6.45, 7) is 2.00. The van der Waals surface area contributed by atoms with E-state index < -0.39 is 6.17 Å². The average molecular weight is 405 g/mol. The summed E-state index contributed by atoms with van der Waals surface area (Å²) in [5, 5.41) is 12.2. The van der Waals surface area contributed by atoms with Crippen molar-refractivity contribution in [2.45, 2.75) is 13.1 Å². The molecule has 0 unspecified atom stereocenters. The Hall–Kier alpha value is -2.02. The van der Waals surface area contributed by atoms with Gasteiger partial charge >= 0.3 is 0 Å². The van der Waals surface area contributed by atoms with Gasteiger partial charge in [-0.1, -0.05) is 66.2 Å². The number of carbonyl (C=O) groups is 1. The van der Waals surface area contributed by atoms with E-state index in [1.54, 1.807) is 17.1 Å². The third kappa shape index (κ3) is 2.98. The first-order valence-corrected chi connectivity index (χ1v) is 9.76. The molecular formula is C18H14Cl2N4OS. The van der Waals surface area contributed by atoms with Gasteiger partial charge in [0.2, 0.25) is 0 Å². The number of amidine groups is 1. The lowest BCUT2D eigenvalue weighted by atomic mass is 10.1. The molecule has 0 bridgehead atoms. The summed E-state index contributed by atoms with van der Waals surface area (Å²) in [5.41, 5.74) is 1.20. The molecule has 2 aromatic rings. The second-order valence-corrected chi connectivity index (χ2v) is 7.77. The Kier molecular flexibility index (Phi) is 4.65. The zero-order chi connectivity index (χ0) is 18.3. The van der Waals surface area contributed by atoms with Crippen LogP contribution in [0, 0.1) is 0 Å². The fourth-order valence-electron chi connectivity index (χ4n) is 2.94. The topological polar surface area (TPSA) is 57.1 Å². The van der Waals surface area contributed by atoms with Crippen molar-refractivity contribution in [1.29, 1.82) is 0 Å². The Morgan fingerprint density at radius 2 is 2.04 bits per heavy atom. The molecule has 0 saturated heterocycles. The van der Waals surface area contributed by atoms with Crippen LogP contribution >= 0.6 is 35.0 Å². The molecule has 26 heavy (non-hydrogen) atoms. The van der Waals surface area contributed by atoms with Crippen molar-refractivity contribution in [3.63, 3.8) is 0 Å². The van der Waals surface area contributed by atoms with Crippen molar-refractivity contribution in [2.75, 3.05) is 5.75 Å². The van der Waals surface area contributed by atoms with Crippen LogP contribution in [0.2, 0.25) is 10.0 Å². The molecule has 0 aliphatic carbocycles. The van der Waals surface area contributed by atoms with Crippen molar-refractivity contribution in [2.24, 2.45) is 10.1 Å². The normalized spacial score (nSPS) is 18.5. The molecule has 0 aromatic heterocycles. The van der Waals surface area contributed by atoms with Crippen LogP contribution in [-0.2, 0) is 4.79 Å². The van der Waals surface area contributed by atoms with E-state index >= 15 is 0 Å². The number of benzene rings is 2. The van der Waals surface area contributed by atoms with Crippen LogP contribution in [-0.4, -0.2) is 21.8 Å². The first-order valence-electron chi connectivity index (χ1n) is 8.02. The first-order chi connectivity index (χ1) is 12.6. The minimum Gasteiger partial charge on any atom is -0.298 e. The van der Waals surface area contributed by atoms with E-state index in [-0.39, 0.29) is 5.91 Å². The number of amides is 1. The molecule has 2 heterocycles. The van der Waals surface area contributed by atoms with Crippen LogP contribution in [0.5, 0.6) is 0 Å². The van der Waals surface area contributed by atoms with Gasteiger partial charge in [0, 0.05) is 20.8 Å². The maximum Gasteiger partial charge on any atom is 0.276 e. The van der Waals surface area contributed by atoms with Gasteiger partial charge in [0.1, 0.15) is 5.70 Å². The van der Waals surface area contributed by atoms with Crippen LogP contribution in [0.25, 0.3) is 5.70 Å². The third-order valence-corrected chi connectivity index (χ3v) is 5.35. The summed E-state index contributed by atoms with van der Waals surface area (Å²) in [5.74, 6) is 0.593. The maximum absolute atomic E-state index is 12.8. The van der Waals surface area contributed by atoms with Crippen LogP contribution in [0.4, 0.5) is 0 Å². The lowest BCUT2D eigenvalue weighted by Gasteiger charge is -2.34. The number of hydrogen-bond acceptors (Lipinski definition) is 5. The van der Waals surface area contributed by atoms with Gasteiger partial charge in [-0.2, -0.15) is 0 Å². The Bertz CT molecular complexity index is 1050. The molecule has 0 spiro atoms. The predicted octanol–water partition coefficient (Wildman–Crippen LogP) is 2.89. The van der Waals surface area contributed by atoms with Gasteiger partial charge in [-0.05, 0) is 24.0 Å². The Morgan fingerprint density at radius 3 is 2.81 bits per heavy atom. The molecule has 1 amide bonds. The first kappa shape index (κ1) is 17.4. The molecule has 1 atom stereocenters. The Labute approximate surface area is 164 Å². The van der Waals surface area contributed by atoms with Gasteiger partial charge in [-0.3, -0.25) is 15.1 Å². The number of thioether (sulfide) groups is 1. The van der Waals surface area contributed by atoms with E-state index in [1.165, 1.54) is 11.8 Å². The number of hydrogen-bond donors (Lipinski definition) is 1. The third-order valence-electron chi connectivity index (χ3n) is 4.04. The average Bonchev–Trinajstić information content (AvgIpc) is 2.61. The molecule has 8 heteroatoms.